The molecule has 1 aliphatic carbocycles. The molecule has 0 spiro atoms. The summed E-state index contributed by atoms with van der Waals surface area (Å²) < 4.78 is 13.9. The van der Waals surface area contributed by atoms with Crippen LogP contribution in [0.3, 0.4) is 0 Å². The highest BCUT2D eigenvalue weighted by Gasteiger charge is 2.21. The van der Waals surface area contributed by atoms with Gasteiger partial charge in [-0.05, 0) is 36.5 Å². The second-order valence-corrected chi connectivity index (χ2v) is 5.21. The second-order valence-electron chi connectivity index (χ2n) is 5.21. The lowest BCUT2D eigenvalue weighted by molar-refractivity contribution is -0.384. The number of rotatable bonds is 3. The smallest absolute Gasteiger partial charge is 0.271 e. The third kappa shape index (κ3) is 2.72. The predicted octanol–water partition coefficient (Wildman–Crippen LogP) is 4.22. The van der Waals surface area contributed by atoms with Crippen LogP contribution in [0.1, 0.15) is 30.0 Å². The van der Waals surface area contributed by atoms with Gasteiger partial charge in [-0.2, -0.15) is 0 Å². The Kier molecular flexibility index (Phi) is 3.56. The van der Waals surface area contributed by atoms with Crippen molar-refractivity contribution in [1.82, 2.24) is 0 Å². The highest BCUT2D eigenvalue weighted by atomic mass is 19.1. The summed E-state index contributed by atoms with van der Waals surface area (Å²) in [6.45, 7) is 0. The van der Waals surface area contributed by atoms with Crippen molar-refractivity contribution in [3.05, 3.63) is 69.5 Å². The summed E-state index contributed by atoms with van der Waals surface area (Å²) in [7, 11) is 0. The zero-order valence-corrected chi connectivity index (χ0v) is 11.4. The Morgan fingerprint density at radius 2 is 2.05 bits per heavy atom. The molecule has 0 saturated carbocycles. The van der Waals surface area contributed by atoms with E-state index < -0.39 is 10.7 Å². The number of benzene rings is 2. The van der Waals surface area contributed by atoms with Crippen molar-refractivity contribution in [1.29, 1.82) is 0 Å². The first-order valence-electron chi connectivity index (χ1n) is 6.93. The Bertz CT molecular complexity index is 688. The van der Waals surface area contributed by atoms with E-state index in [9.17, 15) is 14.5 Å². The van der Waals surface area contributed by atoms with Crippen molar-refractivity contribution in [2.45, 2.75) is 25.3 Å². The number of hydrogen-bond acceptors (Lipinski definition) is 3. The van der Waals surface area contributed by atoms with Crippen LogP contribution in [0.2, 0.25) is 0 Å². The molecule has 1 atom stereocenters. The van der Waals surface area contributed by atoms with Crippen molar-refractivity contribution >= 4 is 11.4 Å². The van der Waals surface area contributed by atoms with E-state index in [1.54, 1.807) is 0 Å². The molecule has 2 aromatic carbocycles. The van der Waals surface area contributed by atoms with Gasteiger partial charge in [-0.15, -0.1) is 0 Å². The first-order chi connectivity index (χ1) is 10.1. The largest absolute Gasteiger partial charge is 0.376 e. The highest BCUT2D eigenvalue weighted by molar-refractivity contribution is 5.54. The summed E-state index contributed by atoms with van der Waals surface area (Å²) in [5, 5.41) is 13.9. The molecule has 3 rings (SSSR count). The van der Waals surface area contributed by atoms with Crippen LogP contribution in [0.5, 0.6) is 0 Å². The number of nitrogens with one attached hydrogen (secondary N) is 1. The molecule has 5 heteroatoms. The highest BCUT2D eigenvalue weighted by Crippen LogP contribution is 2.33. The normalized spacial score (nSPS) is 17.1. The topological polar surface area (TPSA) is 55.2 Å². The van der Waals surface area contributed by atoms with Crippen LogP contribution >= 0.6 is 0 Å². The van der Waals surface area contributed by atoms with Gasteiger partial charge in [0.25, 0.3) is 5.69 Å². The quantitative estimate of drug-likeness (QED) is 0.678. The molecule has 0 radical (unpaired) electrons. The van der Waals surface area contributed by atoms with Crippen molar-refractivity contribution in [3.8, 4) is 0 Å². The van der Waals surface area contributed by atoms with Crippen LogP contribution in [0.15, 0.2) is 42.5 Å². The average molecular weight is 286 g/mol. The van der Waals surface area contributed by atoms with Crippen molar-refractivity contribution < 1.29 is 9.31 Å². The second kappa shape index (κ2) is 5.52. The van der Waals surface area contributed by atoms with Crippen LogP contribution in [-0.4, -0.2) is 4.92 Å². The van der Waals surface area contributed by atoms with Crippen LogP contribution in [0, 0.1) is 15.9 Å². The van der Waals surface area contributed by atoms with Gasteiger partial charge in [0.1, 0.15) is 5.82 Å². The number of nitrogens with zero attached hydrogens (tertiary/aromatic N) is 1. The number of nitro groups is 1. The van der Waals surface area contributed by atoms with Gasteiger partial charge >= 0.3 is 0 Å². The zero-order chi connectivity index (χ0) is 14.8. The minimum Gasteiger partial charge on any atom is -0.376 e. The maximum atomic E-state index is 13.9. The lowest BCUT2D eigenvalue weighted by Gasteiger charge is -2.27. The molecule has 0 aromatic heterocycles. The maximum Gasteiger partial charge on any atom is 0.271 e. The summed E-state index contributed by atoms with van der Waals surface area (Å²) in [5.74, 6) is -0.469. The molecular weight excluding hydrogens is 271 g/mol. The molecule has 4 nitrogen and oxygen atoms in total. The lowest BCUT2D eigenvalue weighted by Crippen LogP contribution is -2.17. The fourth-order valence-corrected chi connectivity index (χ4v) is 2.83. The van der Waals surface area contributed by atoms with Gasteiger partial charge in [-0.3, -0.25) is 10.1 Å². The van der Waals surface area contributed by atoms with Gasteiger partial charge in [0.05, 0.1) is 16.7 Å². The van der Waals surface area contributed by atoms with E-state index in [2.05, 4.69) is 11.4 Å². The van der Waals surface area contributed by atoms with Crippen LogP contribution < -0.4 is 5.32 Å². The Hall–Kier alpha value is -2.43. The van der Waals surface area contributed by atoms with Crippen molar-refractivity contribution in [2.24, 2.45) is 0 Å². The number of non-ortho nitro benzene ring substituents is 1. The minimum absolute atomic E-state index is 0.00791. The fourth-order valence-electron chi connectivity index (χ4n) is 2.83. The van der Waals surface area contributed by atoms with Gasteiger partial charge in [0, 0.05) is 12.1 Å². The third-order valence-electron chi connectivity index (χ3n) is 3.86. The van der Waals surface area contributed by atoms with Gasteiger partial charge in [-0.1, -0.05) is 24.3 Å². The molecule has 0 amide bonds. The Labute approximate surface area is 121 Å². The monoisotopic (exact) mass is 286 g/mol. The first kappa shape index (κ1) is 13.5. The first-order valence-corrected chi connectivity index (χ1v) is 6.93. The van der Waals surface area contributed by atoms with Gasteiger partial charge in [-0.25, -0.2) is 4.39 Å². The Morgan fingerprint density at radius 3 is 2.86 bits per heavy atom. The van der Waals surface area contributed by atoms with Crippen LogP contribution in [0.25, 0.3) is 0 Å². The van der Waals surface area contributed by atoms with E-state index >= 15 is 0 Å². The van der Waals surface area contributed by atoms with E-state index in [-0.39, 0.29) is 17.4 Å². The van der Waals surface area contributed by atoms with Gasteiger partial charge in [0.2, 0.25) is 0 Å². The van der Waals surface area contributed by atoms with Crippen molar-refractivity contribution in [3.63, 3.8) is 0 Å². The third-order valence-corrected chi connectivity index (χ3v) is 3.86. The molecule has 0 aliphatic heterocycles. The van der Waals surface area contributed by atoms with Crippen molar-refractivity contribution in [2.75, 3.05) is 5.32 Å². The molecule has 21 heavy (non-hydrogen) atoms. The zero-order valence-electron chi connectivity index (χ0n) is 11.4. The number of anilines is 1. The minimum atomic E-state index is -0.514. The Morgan fingerprint density at radius 1 is 1.24 bits per heavy atom. The summed E-state index contributed by atoms with van der Waals surface area (Å²) in [5.41, 5.74) is 2.48. The number of nitro benzene ring substituents is 1. The summed E-state index contributed by atoms with van der Waals surface area (Å²) >= 11 is 0. The summed E-state index contributed by atoms with van der Waals surface area (Å²) in [6.07, 6.45) is 2.93. The molecule has 0 heterocycles. The van der Waals surface area contributed by atoms with E-state index in [1.807, 2.05) is 18.2 Å². The van der Waals surface area contributed by atoms with E-state index in [4.69, 9.17) is 0 Å². The number of aryl methyl sites for hydroxylation is 1. The van der Waals surface area contributed by atoms with E-state index in [0.29, 0.717) is 0 Å². The SMILES string of the molecule is O=[N+]([O-])c1ccc(F)c(NC2CCCc3ccccc32)c1. The summed E-state index contributed by atoms with van der Waals surface area (Å²) in [6, 6.07) is 11.6. The average Bonchev–Trinajstić information content (AvgIpc) is 2.49. The van der Waals surface area contributed by atoms with Gasteiger partial charge < -0.3 is 5.32 Å². The van der Waals surface area contributed by atoms with Crippen LogP contribution in [0.4, 0.5) is 15.8 Å². The molecule has 1 N–H and O–H groups in total. The predicted molar refractivity (Wildman–Crippen MR) is 78.8 cm³/mol. The fraction of sp³-hybridized carbons (Fsp3) is 0.250. The van der Waals surface area contributed by atoms with E-state index in [1.165, 1.54) is 17.7 Å². The van der Waals surface area contributed by atoms with Crippen LogP contribution in [-0.2, 0) is 6.42 Å². The number of fused-ring (bicyclic) bond motifs is 1. The van der Waals surface area contributed by atoms with E-state index in [0.717, 1.165) is 30.9 Å². The molecule has 2 aromatic rings. The molecule has 0 fully saturated rings. The number of hydrogen-bond donors (Lipinski definition) is 1. The molecule has 1 unspecified atom stereocenters. The summed E-state index contributed by atoms with van der Waals surface area (Å²) in [4.78, 5) is 10.3. The molecular formula is C16H15FN2O2. The Balaban J connectivity index is 1.91. The molecule has 108 valence electrons. The molecule has 0 bridgehead atoms. The number of halogens is 1. The lowest BCUT2D eigenvalue weighted by atomic mass is 9.87. The molecule has 1 aliphatic rings. The standard InChI is InChI=1S/C16H15FN2O2/c17-14-9-8-12(19(20)21)10-16(14)18-15-7-3-5-11-4-1-2-6-13(11)15/h1-2,4,6,8-10,15,18H,3,5,7H2. The van der Waals surface area contributed by atoms with Gasteiger partial charge in [0.15, 0.2) is 0 Å². The molecule has 0 saturated heterocycles. The maximum absolute atomic E-state index is 13.9.